The number of para-hydroxylation sites is 1. The number of imidazole rings is 1. The number of hydrogen-bond donors (Lipinski definition) is 1. The second-order valence-corrected chi connectivity index (χ2v) is 19.2. The highest BCUT2D eigenvalue weighted by Crippen LogP contribution is 2.38. The molecule has 0 saturated carbocycles. The van der Waals surface area contributed by atoms with Gasteiger partial charge in [0.15, 0.2) is 24.5 Å². The first-order valence-corrected chi connectivity index (χ1v) is 25.2. The van der Waals surface area contributed by atoms with Crippen molar-refractivity contribution in [3.05, 3.63) is 103 Å². The molecule has 6 heterocycles. The summed E-state index contributed by atoms with van der Waals surface area (Å²) in [6.45, 7) is 15.1. The quantitative estimate of drug-likeness (QED) is 0.0922. The summed E-state index contributed by atoms with van der Waals surface area (Å²) in [6, 6.07) is 32.8. The summed E-state index contributed by atoms with van der Waals surface area (Å²) in [5.74, 6) is -1.91. The smallest absolute Gasteiger partial charge is 0.303 e. The number of fused-ring (bicyclic) bond motifs is 3. The van der Waals surface area contributed by atoms with Crippen molar-refractivity contribution < 1.29 is 42.9 Å². The lowest BCUT2D eigenvalue weighted by atomic mass is 9.97. The zero-order valence-corrected chi connectivity index (χ0v) is 42.6. The summed E-state index contributed by atoms with van der Waals surface area (Å²) in [6.07, 6.45) is -4.51. The monoisotopic (exact) mass is 1010 g/mol. The van der Waals surface area contributed by atoms with E-state index in [1.165, 1.54) is 59.9 Å². The first-order chi connectivity index (χ1) is 35.8. The Morgan fingerprint density at radius 1 is 0.662 bits per heavy atom. The van der Waals surface area contributed by atoms with E-state index in [0.29, 0.717) is 12.2 Å². The Hall–Kier alpha value is -7.61. The third-order valence-electron chi connectivity index (χ3n) is 14.1. The van der Waals surface area contributed by atoms with Gasteiger partial charge in [-0.05, 0) is 62.5 Å². The number of benzene rings is 4. The molecular weight excluding hydrogens is 945 g/mol. The van der Waals surface area contributed by atoms with E-state index >= 15 is 0 Å². The molecule has 3 aliphatic heterocycles. The standard InChI is InChI=1S/C55H62N10O9/c1-7-64-46-11-9-8-10-44(46)45-30-40(16-21-47(45)64)54-56-49(38-12-17-42(18-13-38)62-26-22-60(6)23-27-62)50(57-54)39-14-19-43(20-15-39)63-28-24-61(25-29-63)31-41-32-65(59-58-41)55-53(73-37(5)69)52(72-36(4)68)51(71-35(3)67)48(74-55)33-70-34(2)66/h8-21,30,32,48,51-53,55H,7,22-29,31,33H2,1-6H3,(H,56,57)/t48-,51+,52+,53-,55-/m1/s1. The third-order valence-corrected chi connectivity index (χ3v) is 14.1. The number of aromatic nitrogens is 6. The maximum atomic E-state index is 12.4. The number of esters is 4. The van der Waals surface area contributed by atoms with Crippen LogP contribution in [0.5, 0.6) is 0 Å². The van der Waals surface area contributed by atoms with E-state index in [2.05, 4.69) is 144 Å². The molecule has 74 heavy (non-hydrogen) atoms. The minimum absolute atomic E-state index is 0.343. The molecule has 0 radical (unpaired) electrons. The van der Waals surface area contributed by atoms with Crippen LogP contribution in [0.3, 0.4) is 0 Å². The summed E-state index contributed by atoms with van der Waals surface area (Å²) in [5.41, 5.74) is 10.3. The van der Waals surface area contributed by atoms with Crippen LogP contribution in [0, 0.1) is 0 Å². The number of anilines is 2. The lowest BCUT2D eigenvalue weighted by Gasteiger charge is -2.44. The van der Waals surface area contributed by atoms with Gasteiger partial charge in [-0.3, -0.25) is 24.1 Å². The number of likely N-dealkylation sites (N-methyl/N-ethyl adjacent to an activating group) is 1. The van der Waals surface area contributed by atoms with E-state index in [1.807, 2.05) is 0 Å². The van der Waals surface area contributed by atoms with E-state index in [-0.39, 0.29) is 6.61 Å². The zero-order valence-electron chi connectivity index (χ0n) is 42.6. The van der Waals surface area contributed by atoms with Crippen molar-refractivity contribution in [2.75, 3.05) is 75.8 Å². The van der Waals surface area contributed by atoms with Gasteiger partial charge in [-0.1, -0.05) is 47.7 Å². The van der Waals surface area contributed by atoms with E-state index in [1.54, 1.807) is 6.20 Å². The average molecular weight is 1010 g/mol. The molecule has 0 amide bonds. The number of carbonyl (C=O) groups is 4. The molecular formula is C55H62N10O9. The van der Waals surface area contributed by atoms with Gasteiger partial charge in [0.2, 0.25) is 0 Å². The molecule has 7 aromatic rings. The van der Waals surface area contributed by atoms with Gasteiger partial charge in [-0.25, -0.2) is 9.67 Å². The van der Waals surface area contributed by atoms with Crippen LogP contribution in [-0.4, -0.2) is 154 Å². The number of piperazine rings is 2. The molecule has 0 aliphatic carbocycles. The largest absolute Gasteiger partial charge is 0.463 e. The Labute approximate surface area is 428 Å². The van der Waals surface area contributed by atoms with E-state index in [0.717, 1.165) is 98.5 Å². The van der Waals surface area contributed by atoms with Crippen LogP contribution in [0.2, 0.25) is 0 Å². The highest BCUT2D eigenvalue weighted by Gasteiger charge is 2.53. The second kappa shape index (κ2) is 21.5. The van der Waals surface area contributed by atoms with Gasteiger partial charge in [-0.2, -0.15) is 0 Å². The fourth-order valence-electron chi connectivity index (χ4n) is 10.5. The number of nitrogens with zero attached hydrogens (tertiary/aromatic N) is 9. The maximum absolute atomic E-state index is 12.4. The van der Waals surface area contributed by atoms with Gasteiger partial charge in [0.05, 0.1) is 23.3 Å². The van der Waals surface area contributed by atoms with E-state index < -0.39 is 54.5 Å². The number of nitrogens with one attached hydrogen (secondary N) is 1. The first-order valence-electron chi connectivity index (χ1n) is 25.2. The molecule has 386 valence electrons. The van der Waals surface area contributed by atoms with Crippen molar-refractivity contribution in [1.82, 2.24) is 39.3 Å². The number of carbonyl (C=O) groups excluding carboxylic acids is 4. The van der Waals surface area contributed by atoms with Crippen LogP contribution >= 0.6 is 0 Å². The fourth-order valence-corrected chi connectivity index (χ4v) is 10.5. The number of hydrogen-bond acceptors (Lipinski definition) is 16. The van der Waals surface area contributed by atoms with Crippen molar-refractivity contribution in [2.45, 2.75) is 78.4 Å². The van der Waals surface area contributed by atoms with Crippen LogP contribution in [-0.2, 0) is 56.0 Å². The molecule has 3 fully saturated rings. The molecule has 10 rings (SSSR count). The van der Waals surface area contributed by atoms with Crippen LogP contribution in [0.4, 0.5) is 11.4 Å². The third kappa shape index (κ3) is 10.6. The molecule has 1 N–H and O–H groups in total. The summed E-state index contributed by atoms with van der Waals surface area (Å²) in [7, 11) is 2.17. The van der Waals surface area contributed by atoms with Crippen molar-refractivity contribution in [2.24, 2.45) is 0 Å². The molecule has 5 atom stereocenters. The van der Waals surface area contributed by atoms with Gasteiger partial charge < -0.3 is 47.9 Å². The Bertz CT molecular complexity index is 3150. The Morgan fingerprint density at radius 3 is 1.91 bits per heavy atom. The minimum atomic E-state index is -1.32. The topological polar surface area (TPSA) is 192 Å². The minimum Gasteiger partial charge on any atom is -0.463 e. The molecule has 0 bridgehead atoms. The van der Waals surface area contributed by atoms with Crippen LogP contribution in [0.1, 0.15) is 46.5 Å². The molecule has 0 spiro atoms. The Kier molecular flexibility index (Phi) is 14.5. The number of ether oxygens (including phenoxy) is 5. The maximum Gasteiger partial charge on any atom is 0.303 e. The molecule has 3 aromatic heterocycles. The molecule has 3 saturated heterocycles. The van der Waals surface area contributed by atoms with E-state index in [9.17, 15) is 19.2 Å². The van der Waals surface area contributed by atoms with Gasteiger partial charge >= 0.3 is 23.9 Å². The van der Waals surface area contributed by atoms with Crippen molar-refractivity contribution >= 4 is 57.1 Å². The van der Waals surface area contributed by atoms with Crippen LogP contribution < -0.4 is 9.80 Å². The zero-order chi connectivity index (χ0) is 51.6. The van der Waals surface area contributed by atoms with Gasteiger partial charge in [0.25, 0.3) is 0 Å². The molecule has 19 heteroatoms. The average Bonchev–Trinajstić information content (AvgIpc) is 4.14. The highest BCUT2D eigenvalue weighted by molar-refractivity contribution is 6.09. The van der Waals surface area contributed by atoms with Crippen LogP contribution in [0.25, 0.3) is 55.7 Å². The van der Waals surface area contributed by atoms with Crippen molar-refractivity contribution in [3.8, 4) is 33.9 Å². The lowest BCUT2D eigenvalue weighted by Crippen LogP contribution is -2.60. The summed E-state index contributed by atoms with van der Waals surface area (Å²) >= 11 is 0. The number of rotatable bonds is 14. The van der Waals surface area contributed by atoms with Gasteiger partial charge in [-0.15, -0.1) is 5.10 Å². The molecule has 0 unspecified atom stereocenters. The van der Waals surface area contributed by atoms with Gasteiger partial charge in [0.1, 0.15) is 18.5 Å². The molecule has 4 aromatic carbocycles. The van der Waals surface area contributed by atoms with E-state index in [4.69, 9.17) is 28.7 Å². The highest BCUT2D eigenvalue weighted by atomic mass is 16.7. The SMILES string of the molecule is CCn1c2ccccc2c2cc(-c3nc(-c4ccc(N5CCN(Cc6cn([C@@H]7O[C@H](COC(C)=O)[C@H](OC(C)=O)[C@H](OC(C)=O)[C@H]7OC(C)=O)nn6)CC5)cc4)c(-c4ccc(N5CCN(C)CC5)cc4)[nH]3)ccc21. The molecule has 19 nitrogen and oxygen atoms in total. The Morgan fingerprint density at radius 2 is 1.26 bits per heavy atom. The number of aryl methyl sites for hydroxylation is 1. The normalized spacial score (nSPS) is 20.7. The fraction of sp³-hybridized carbons (Fsp3) is 0.400. The predicted molar refractivity (Wildman–Crippen MR) is 278 cm³/mol. The van der Waals surface area contributed by atoms with Crippen LogP contribution in [0.15, 0.2) is 97.2 Å². The summed E-state index contributed by atoms with van der Waals surface area (Å²) in [5, 5.41) is 11.2. The second-order valence-electron chi connectivity index (χ2n) is 19.2. The van der Waals surface area contributed by atoms with Crippen molar-refractivity contribution in [1.29, 1.82) is 0 Å². The van der Waals surface area contributed by atoms with Crippen molar-refractivity contribution in [3.63, 3.8) is 0 Å². The summed E-state index contributed by atoms with van der Waals surface area (Å²) in [4.78, 5) is 67.4. The Balaban J connectivity index is 0.857. The molecule has 3 aliphatic rings. The first kappa shape index (κ1) is 49.9. The number of aromatic amines is 1. The predicted octanol–water partition coefficient (Wildman–Crippen LogP) is 6.46. The van der Waals surface area contributed by atoms with Gasteiger partial charge in [0, 0.05) is 143 Å². The number of H-pyrrole nitrogens is 1. The summed E-state index contributed by atoms with van der Waals surface area (Å²) < 4.78 is 32.0. The lowest BCUT2D eigenvalue weighted by molar-refractivity contribution is -0.270.